The van der Waals surface area contributed by atoms with Gasteiger partial charge in [0.2, 0.25) is 0 Å². The summed E-state index contributed by atoms with van der Waals surface area (Å²) in [7, 11) is 0. The maximum atomic E-state index is 12.8. The van der Waals surface area contributed by atoms with E-state index in [1.165, 1.54) is 18.2 Å². The van der Waals surface area contributed by atoms with Crippen molar-refractivity contribution in [1.82, 2.24) is 0 Å². The Labute approximate surface area is 117 Å². The number of halogens is 1. The van der Waals surface area contributed by atoms with Gasteiger partial charge in [-0.2, -0.15) is 0 Å². The second-order valence-electron chi connectivity index (χ2n) is 5.43. The molecule has 0 bridgehead atoms. The van der Waals surface area contributed by atoms with E-state index in [4.69, 9.17) is 9.47 Å². The van der Waals surface area contributed by atoms with Gasteiger partial charge in [-0.15, -0.1) is 0 Å². The summed E-state index contributed by atoms with van der Waals surface area (Å²) in [6, 6.07) is 5.97. The van der Waals surface area contributed by atoms with E-state index in [0.29, 0.717) is 12.5 Å². The monoisotopic (exact) mass is 276 g/mol. The molecule has 1 unspecified atom stereocenters. The van der Waals surface area contributed by atoms with Crippen molar-refractivity contribution in [3.8, 4) is 0 Å². The number of hydrogen-bond donors (Lipinski definition) is 0. The number of carbonyl (C=O) groups excluding carboxylic acids is 1. The van der Waals surface area contributed by atoms with Crippen LogP contribution in [-0.2, 0) is 14.3 Å². The smallest absolute Gasteiger partial charge is 0.331 e. The molecule has 0 amide bonds. The van der Waals surface area contributed by atoms with Crippen LogP contribution in [0.4, 0.5) is 4.39 Å². The van der Waals surface area contributed by atoms with Crippen LogP contribution in [0.2, 0.25) is 0 Å². The Balaban J connectivity index is 1.58. The maximum absolute atomic E-state index is 12.8. The van der Waals surface area contributed by atoms with Crippen LogP contribution in [0, 0.1) is 11.7 Å². The predicted molar refractivity (Wildman–Crippen MR) is 72.4 cm³/mol. The van der Waals surface area contributed by atoms with E-state index in [1.54, 1.807) is 18.2 Å². The molecule has 1 saturated heterocycles. The van der Waals surface area contributed by atoms with Crippen molar-refractivity contribution in [2.45, 2.75) is 24.9 Å². The first kappa shape index (κ1) is 13.3. The van der Waals surface area contributed by atoms with E-state index in [9.17, 15) is 9.18 Å². The summed E-state index contributed by atoms with van der Waals surface area (Å²) in [6.45, 7) is 1.45. The van der Waals surface area contributed by atoms with Gasteiger partial charge < -0.3 is 9.47 Å². The molecule has 0 aromatic heterocycles. The third-order valence-corrected chi connectivity index (χ3v) is 4.00. The molecule has 1 saturated carbocycles. The fourth-order valence-electron chi connectivity index (χ4n) is 2.64. The Bertz CT molecular complexity index is 511. The van der Waals surface area contributed by atoms with Crippen molar-refractivity contribution in [2.24, 2.45) is 5.92 Å². The molecule has 1 aliphatic carbocycles. The number of esters is 1. The molecule has 2 aliphatic rings. The zero-order chi connectivity index (χ0) is 14.0. The number of rotatable bonds is 4. The normalized spacial score (nSPS) is 23.9. The second-order valence-corrected chi connectivity index (χ2v) is 5.43. The summed E-state index contributed by atoms with van der Waals surface area (Å²) >= 11 is 0. The number of hydrogen-bond acceptors (Lipinski definition) is 3. The molecule has 3 rings (SSSR count). The Morgan fingerprint density at radius 3 is 2.70 bits per heavy atom. The number of benzene rings is 1. The van der Waals surface area contributed by atoms with Crippen LogP contribution in [0.3, 0.4) is 0 Å². The van der Waals surface area contributed by atoms with Crippen molar-refractivity contribution in [3.63, 3.8) is 0 Å². The van der Waals surface area contributed by atoms with Crippen LogP contribution in [0.25, 0.3) is 6.08 Å². The van der Waals surface area contributed by atoms with Crippen molar-refractivity contribution in [2.75, 3.05) is 13.2 Å². The molecule has 0 N–H and O–H groups in total. The van der Waals surface area contributed by atoms with Gasteiger partial charge in [0.05, 0.1) is 6.61 Å². The van der Waals surface area contributed by atoms with Gasteiger partial charge in [0, 0.05) is 18.6 Å². The third kappa shape index (κ3) is 2.90. The molecule has 0 radical (unpaired) electrons. The van der Waals surface area contributed by atoms with Crippen LogP contribution in [0.15, 0.2) is 30.3 Å². The lowest BCUT2D eigenvalue weighted by Crippen LogP contribution is -2.28. The zero-order valence-electron chi connectivity index (χ0n) is 11.2. The Kier molecular flexibility index (Phi) is 3.57. The summed E-state index contributed by atoms with van der Waals surface area (Å²) in [6.07, 6.45) is 5.87. The van der Waals surface area contributed by atoms with Crippen LogP contribution in [-0.4, -0.2) is 24.8 Å². The largest absolute Gasteiger partial charge is 0.456 e. The van der Waals surface area contributed by atoms with Gasteiger partial charge in [0.15, 0.2) is 0 Å². The molecule has 106 valence electrons. The van der Waals surface area contributed by atoms with Gasteiger partial charge in [0.25, 0.3) is 0 Å². The highest BCUT2D eigenvalue weighted by Gasteiger charge is 2.53. The van der Waals surface area contributed by atoms with Gasteiger partial charge >= 0.3 is 5.97 Å². The lowest BCUT2D eigenvalue weighted by molar-refractivity contribution is -0.148. The summed E-state index contributed by atoms with van der Waals surface area (Å²) in [4.78, 5) is 11.9. The Morgan fingerprint density at radius 2 is 2.10 bits per heavy atom. The zero-order valence-corrected chi connectivity index (χ0v) is 11.2. The van der Waals surface area contributed by atoms with Gasteiger partial charge in [-0.1, -0.05) is 12.1 Å². The van der Waals surface area contributed by atoms with E-state index in [0.717, 1.165) is 31.4 Å². The van der Waals surface area contributed by atoms with Crippen molar-refractivity contribution < 1.29 is 18.7 Å². The minimum Gasteiger partial charge on any atom is -0.456 e. The topological polar surface area (TPSA) is 35.5 Å². The predicted octanol–water partition coefficient (Wildman–Crippen LogP) is 2.95. The minimum atomic E-state index is -0.335. The molecule has 3 nitrogen and oxygen atoms in total. The maximum Gasteiger partial charge on any atom is 0.331 e. The Morgan fingerprint density at radius 1 is 1.35 bits per heavy atom. The van der Waals surface area contributed by atoms with Gasteiger partial charge in [-0.25, -0.2) is 9.18 Å². The molecule has 2 fully saturated rings. The number of ether oxygens (including phenoxy) is 2. The average Bonchev–Trinajstić information content (AvgIpc) is 3.01. The van der Waals surface area contributed by atoms with E-state index >= 15 is 0 Å². The molecule has 1 aromatic rings. The molecule has 0 spiro atoms. The summed E-state index contributed by atoms with van der Waals surface area (Å²) in [5.74, 6) is -0.285. The SMILES string of the molecule is O=C(/C=C/c1ccc(F)cc1)OC1(C2CCOC2)CC1. The lowest BCUT2D eigenvalue weighted by Gasteiger charge is -2.21. The molecular formula is C16H17FO3. The minimum absolute atomic E-state index is 0.289. The summed E-state index contributed by atoms with van der Waals surface area (Å²) in [5.41, 5.74) is 0.484. The van der Waals surface area contributed by atoms with E-state index in [1.807, 2.05) is 0 Å². The first-order valence-electron chi connectivity index (χ1n) is 6.92. The second kappa shape index (κ2) is 5.37. The molecular weight excluding hydrogens is 259 g/mol. The standard InChI is InChI=1S/C16H17FO3/c17-14-4-1-12(2-5-14)3-6-15(18)20-16(8-9-16)13-7-10-19-11-13/h1-6,13H,7-11H2/b6-3+. The van der Waals surface area contributed by atoms with Crippen molar-refractivity contribution >= 4 is 12.0 Å². The molecule has 1 aromatic carbocycles. The van der Waals surface area contributed by atoms with Gasteiger partial charge in [-0.3, -0.25) is 0 Å². The fourth-order valence-corrected chi connectivity index (χ4v) is 2.64. The van der Waals surface area contributed by atoms with Gasteiger partial charge in [-0.05, 0) is 43.0 Å². The van der Waals surface area contributed by atoms with Crippen LogP contribution in [0.1, 0.15) is 24.8 Å². The average molecular weight is 276 g/mol. The highest BCUT2D eigenvalue weighted by Crippen LogP contribution is 2.49. The van der Waals surface area contributed by atoms with Crippen molar-refractivity contribution in [1.29, 1.82) is 0 Å². The first-order chi connectivity index (χ1) is 9.68. The van der Waals surface area contributed by atoms with Crippen LogP contribution >= 0.6 is 0 Å². The summed E-state index contributed by atoms with van der Waals surface area (Å²) < 4.78 is 23.7. The van der Waals surface area contributed by atoms with E-state index in [2.05, 4.69) is 0 Å². The number of carbonyl (C=O) groups is 1. The van der Waals surface area contributed by atoms with Gasteiger partial charge in [0.1, 0.15) is 11.4 Å². The quantitative estimate of drug-likeness (QED) is 0.626. The highest BCUT2D eigenvalue weighted by molar-refractivity contribution is 5.87. The first-order valence-corrected chi connectivity index (χ1v) is 6.92. The molecule has 4 heteroatoms. The van der Waals surface area contributed by atoms with E-state index in [-0.39, 0.29) is 17.4 Å². The Hall–Kier alpha value is -1.68. The molecule has 1 atom stereocenters. The van der Waals surface area contributed by atoms with E-state index < -0.39 is 0 Å². The van der Waals surface area contributed by atoms with Crippen LogP contribution in [0.5, 0.6) is 0 Å². The van der Waals surface area contributed by atoms with Crippen molar-refractivity contribution in [3.05, 3.63) is 41.7 Å². The fraction of sp³-hybridized carbons (Fsp3) is 0.438. The lowest BCUT2D eigenvalue weighted by atomic mass is 9.99. The molecule has 1 aliphatic heterocycles. The highest BCUT2D eigenvalue weighted by atomic mass is 19.1. The summed E-state index contributed by atoms with van der Waals surface area (Å²) in [5, 5.41) is 0. The molecule has 20 heavy (non-hydrogen) atoms. The third-order valence-electron chi connectivity index (χ3n) is 4.00. The van der Waals surface area contributed by atoms with Crippen LogP contribution < -0.4 is 0 Å². The molecule has 1 heterocycles.